The molecule has 0 saturated heterocycles. The highest BCUT2D eigenvalue weighted by Gasteiger charge is 2.29. The number of ketones is 2. The highest BCUT2D eigenvalue weighted by Crippen LogP contribution is 2.33. The number of carbonyl (C=O) groups excluding carboxylic acids is 2. The number of fused-ring (bicyclic) bond motifs is 3. The molecule has 0 radical (unpaired) electrons. The molecular formula is C34H25NO2. The van der Waals surface area contributed by atoms with Crippen LogP contribution in [-0.4, -0.2) is 16.1 Å². The summed E-state index contributed by atoms with van der Waals surface area (Å²) in [6.07, 6.45) is 0.336. The van der Waals surface area contributed by atoms with E-state index in [4.69, 9.17) is 0 Å². The fourth-order valence-corrected chi connectivity index (χ4v) is 5.15. The van der Waals surface area contributed by atoms with E-state index in [1.807, 2.05) is 66.7 Å². The van der Waals surface area contributed by atoms with E-state index in [2.05, 4.69) is 47.0 Å². The molecule has 0 aliphatic carbocycles. The molecule has 0 N–H and O–H groups in total. The lowest BCUT2D eigenvalue weighted by atomic mass is 9.85. The van der Waals surface area contributed by atoms with Gasteiger partial charge in [-0.25, -0.2) is 0 Å². The maximum Gasteiger partial charge on any atom is 0.174 e. The molecule has 0 spiro atoms. The van der Waals surface area contributed by atoms with Crippen molar-refractivity contribution in [1.82, 2.24) is 4.57 Å². The Balaban J connectivity index is 1.46. The van der Waals surface area contributed by atoms with Crippen molar-refractivity contribution in [3.63, 3.8) is 0 Å². The summed E-state index contributed by atoms with van der Waals surface area (Å²) in [5, 5.41) is 2.25. The number of para-hydroxylation sites is 2. The number of hydrogen-bond acceptors (Lipinski definition) is 2. The van der Waals surface area contributed by atoms with Gasteiger partial charge in [0.1, 0.15) is 0 Å². The van der Waals surface area contributed by atoms with Gasteiger partial charge in [0.05, 0.1) is 17.0 Å². The first kappa shape index (κ1) is 22.7. The molecule has 3 nitrogen and oxygen atoms in total. The van der Waals surface area contributed by atoms with Crippen molar-refractivity contribution in [3.8, 4) is 5.69 Å². The van der Waals surface area contributed by atoms with E-state index < -0.39 is 5.92 Å². The zero-order chi connectivity index (χ0) is 25.2. The molecule has 0 saturated carbocycles. The normalized spacial score (nSPS) is 11.3. The second kappa shape index (κ2) is 9.71. The van der Waals surface area contributed by atoms with Crippen molar-refractivity contribution in [2.24, 2.45) is 5.92 Å². The first-order chi connectivity index (χ1) is 18.2. The molecule has 0 aliphatic heterocycles. The molecule has 0 amide bonds. The topological polar surface area (TPSA) is 39.1 Å². The standard InChI is InChI=1S/C34H25NO2/c36-33(25-12-4-1-5-13-25)30(34(37)26-14-6-2-7-15-26)23-24-20-21-32-29(22-24)28-18-10-11-19-31(28)35(32)27-16-8-3-9-17-27/h1-22,30H,23H2. The molecule has 0 aliphatic rings. The second-order valence-electron chi connectivity index (χ2n) is 9.26. The third kappa shape index (κ3) is 4.25. The highest BCUT2D eigenvalue weighted by atomic mass is 16.2. The van der Waals surface area contributed by atoms with E-state index in [0.717, 1.165) is 33.1 Å². The van der Waals surface area contributed by atoms with Crippen LogP contribution in [-0.2, 0) is 6.42 Å². The second-order valence-corrected chi connectivity index (χ2v) is 9.26. The van der Waals surface area contributed by atoms with Crippen LogP contribution >= 0.6 is 0 Å². The van der Waals surface area contributed by atoms with Crippen LogP contribution in [0.2, 0.25) is 0 Å². The molecule has 1 heterocycles. The molecule has 6 aromatic rings. The quantitative estimate of drug-likeness (QED) is 0.174. The number of hydrogen-bond donors (Lipinski definition) is 0. The Bertz CT molecular complexity index is 1670. The Morgan fingerprint density at radius 2 is 1.05 bits per heavy atom. The number of rotatable bonds is 7. The predicted molar refractivity (Wildman–Crippen MR) is 150 cm³/mol. The number of Topliss-reactive ketones (excluding diaryl/α,β-unsaturated/α-hetero) is 2. The van der Waals surface area contributed by atoms with Crippen molar-refractivity contribution in [3.05, 3.63) is 150 Å². The molecule has 178 valence electrons. The van der Waals surface area contributed by atoms with Gasteiger partial charge in [0.2, 0.25) is 0 Å². The van der Waals surface area contributed by atoms with Gasteiger partial charge in [0, 0.05) is 27.6 Å². The zero-order valence-electron chi connectivity index (χ0n) is 20.2. The first-order valence-corrected chi connectivity index (χ1v) is 12.5. The number of carbonyl (C=O) groups is 2. The Kier molecular flexibility index (Phi) is 5.95. The summed E-state index contributed by atoms with van der Waals surface area (Å²) >= 11 is 0. The van der Waals surface area contributed by atoms with Gasteiger partial charge >= 0.3 is 0 Å². The molecule has 1 aromatic heterocycles. The lowest BCUT2D eigenvalue weighted by molar-refractivity contribution is 0.0806. The van der Waals surface area contributed by atoms with E-state index in [-0.39, 0.29) is 11.6 Å². The van der Waals surface area contributed by atoms with Gasteiger partial charge < -0.3 is 4.57 Å². The molecule has 0 atom stereocenters. The van der Waals surface area contributed by atoms with Crippen LogP contribution in [0.5, 0.6) is 0 Å². The third-order valence-electron chi connectivity index (χ3n) is 6.94. The smallest absolute Gasteiger partial charge is 0.174 e. The van der Waals surface area contributed by atoms with E-state index >= 15 is 0 Å². The Hall–Kier alpha value is -4.76. The van der Waals surface area contributed by atoms with E-state index in [1.54, 1.807) is 24.3 Å². The summed E-state index contributed by atoms with van der Waals surface area (Å²) in [5.41, 5.74) is 5.38. The summed E-state index contributed by atoms with van der Waals surface area (Å²) in [4.78, 5) is 27.2. The fraction of sp³-hybridized carbons (Fsp3) is 0.0588. The SMILES string of the molecule is O=C(c1ccccc1)C(Cc1ccc2c(c1)c1ccccc1n2-c1ccccc1)C(=O)c1ccccc1. The molecule has 0 fully saturated rings. The van der Waals surface area contributed by atoms with Crippen LogP contribution in [0.1, 0.15) is 26.3 Å². The van der Waals surface area contributed by atoms with Gasteiger partial charge in [-0.05, 0) is 42.3 Å². The van der Waals surface area contributed by atoms with Gasteiger partial charge in [0.25, 0.3) is 0 Å². The molecular weight excluding hydrogens is 454 g/mol. The number of nitrogens with zero attached hydrogens (tertiary/aromatic N) is 1. The van der Waals surface area contributed by atoms with Gasteiger partial charge in [-0.2, -0.15) is 0 Å². The average Bonchev–Trinajstić information content (AvgIpc) is 3.30. The fourth-order valence-electron chi connectivity index (χ4n) is 5.15. The lowest BCUT2D eigenvalue weighted by Gasteiger charge is -2.16. The summed E-state index contributed by atoms with van der Waals surface area (Å²) in [7, 11) is 0. The Morgan fingerprint density at radius 3 is 1.68 bits per heavy atom. The van der Waals surface area contributed by atoms with E-state index in [1.165, 1.54) is 0 Å². The Morgan fingerprint density at radius 1 is 0.541 bits per heavy atom. The van der Waals surface area contributed by atoms with Crippen LogP contribution in [0, 0.1) is 5.92 Å². The van der Waals surface area contributed by atoms with Gasteiger partial charge in [-0.15, -0.1) is 0 Å². The van der Waals surface area contributed by atoms with Gasteiger partial charge in [-0.3, -0.25) is 9.59 Å². The van der Waals surface area contributed by atoms with Gasteiger partial charge in [0.15, 0.2) is 11.6 Å². The minimum absolute atomic E-state index is 0.152. The minimum atomic E-state index is -0.801. The third-order valence-corrected chi connectivity index (χ3v) is 6.94. The predicted octanol–water partition coefficient (Wildman–Crippen LogP) is 7.71. The summed E-state index contributed by atoms with van der Waals surface area (Å²) in [6, 6.07) is 43.2. The molecule has 0 bridgehead atoms. The Labute approximate surface area is 215 Å². The van der Waals surface area contributed by atoms with Crippen LogP contribution in [0.3, 0.4) is 0 Å². The summed E-state index contributed by atoms with van der Waals surface area (Å²) < 4.78 is 2.26. The van der Waals surface area contributed by atoms with Crippen molar-refractivity contribution in [2.45, 2.75) is 6.42 Å². The van der Waals surface area contributed by atoms with Crippen molar-refractivity contribution >= 4 is 33.4 Å². The van der Waals surface area contributed by atoms with Crippen LogP contribution in [0.15, 0.2) is 133 Å². The monoisotopic (exact) mass is 479 g/mol. The molecule has 0 unspecified atom stereocenters. The average molecular weight is 480 g/mol. The van der Waals surface area contributed by atoms with Crippen molar-refractivity contribution < 1.29 is 9.59 Å². The van der Waals surface area contributed by atoms with Crippen LogP contribution in [0.25, 0.3) is 27.5 Å². The molecule has 6 rings (SSSR count). The maximum absolute atomic E-state index is 13.6. The van der Waals surface area contributed by atoms with E-state index in [9.17, 15) is 9.59 Å². The molecule has 5 aromatic carbocycles. The maximum atomic E-state index is 13.6. The van der Waals surface area contributed by atoms with Crippen molar-refractivity contribution in [1.29, 1.82) is 0 Å². The van der Waals surface area contributed by atoms with Crippen LogP contribution < -0.4 is 0 Å². The number of aromatic nitrogens is 1. The molecule has 37 heavy (non-hydrogen) atoms. The largest absolute Gasteiger partial charge is 0.309 e. The number of benzene rings is 5. The first-order valence-electron chi connectivity index (χ1n) is 12.5. The zero-order valence-corrected chi connectivity index (χ0v) is 20.2. The summed E-state index contributed by atoms with van der Waals surface area (Å²) in [5.74, 6) is -1.10. The van der Waals surface area contributed by atoms with Gasteiger partial charge in [-0.1, -0.05) is 103 Å². The lowest BCUT2D eigenvalue weighted by Crippen LogP contribution is -2.26. The van der Waals surface area contributed by atoms with Crippen molar-refractivity contribution in [2.75, 3.05) is 0 Å². The highest BCUT2D eigenvalue weighted by molar-refractivity contribution is 6.16. The van der Waals surface area contributed by atoms with E-state index in [0.29, 0.717) is 17.5 Å². The molecule has 3 heteroatoms. The minimum Gasteiger partial charge on any atom is -0.309 e. The van der Waals surface area contributed by atoms with Crippen LogP contribution in [0.4, 0.5) is 0 Å². The summed E-state index contributed by atoms with van der Waals surface area (Å²) in [6.45, 7) is 0.